The molecule has 88 valence electrons. The van der Waals surface area contributed by atoms with Crippen LogP contribution in [0, 0.1) is 17.3 Å². The molecule has 2 rings (SSSR count). The fourth-order valence-corrected chi connectivity index (χ4v) is 3.52. The topological polar surface area (TPSA) is 3.24 Å². The number of hydrogen-bond donors (Lipinski definition) is 0. The Balaban J connectivity index is 1.89. The van der Waals surface area contributed by atoms with Gasteiger partial charge < -0.3 is 0 Å². The summed E-state index contributed by atoms with van der Waals surface area (Å²) in [5.41, 5.74) is 1.15. The van der Waals surface area contributed by atoms with Gasteiger partial charge in [-0.15, -0.1) is 0 Å². The molecule has 1 saturated carbocycles. The van der Waals surface area contributed by atoms with Gasteiger partial charge in [-0.3, -0.25) is 4.90 Å². The van der Waals surface area contributed by atoms with Crippen LogP contribution in [0.25, 0.3) is 0 Å². The van der Waals surface area contributed by atoms with E-state index < -0.39 is 0 Å². The largest absolute Gasteiger partial charge is 0.298 e. The van der Waals surface area contributed by atoms with Crippen LogP contribution in [0.4, 0.5) is 0 Å². The second-order valence-corrected chi connectivity index (χ2v) is 7.07. The van der Waals surface area contributed by atoms with Crippen LogP contribution in [0.1, 0.15) is 53.9 Å². The van der Waals surface area contributed by atoms with Crippen molar-refractivity contribution in [1.29, 1.82) is 0 Å². The lowest BCUT2D eigenvalue weighted by atomic mass is 9.86. The lowest BCUT2D eigenvalue weighted by Crippen LogP contribution is -2.46. The summed E-state index contributed by atoms with van der Waals surface area (Å²) in [5, 5.41) is 0. The summed E-state index contributed by atoms with van der Waals surface area (Å²) in [6.45, 7) is 14.5. The number of likely N-dealkylation sites (tertiary alicyclic amines) is 1. The quantitative estimate of drug-likeness (QED) is 0.638. The third-order valence-corrected chi connectivity index (χ3v) is 4.77. The van der Waals surface area contributed by atoms with Crippen LogP contribution in [-0.2, 0) is 0 Å². The number of piperidine rings is 1. The minimum Gasteiger partial charge on any atom is -0.298 e. The van der Waals surface area contributed by atoms with E-state index in [1.54, 1.807) is 0 Å². The van der Waals surface area contributed by atoms with Crippen LogP contribution in [0.3, 0.4) is 0 Å². The molecule has 0 radical (unpaired) electrons. The maximum Gasteiger partial charge on any atom is 0.0125 e. The van der Waals surface area contributed by atoms with Crippen molar-refractivity contribution in [3.8, 4) is 0 Å². The molecule has 1 nitrogen and oxygen atoms in total. The zero-order valence-corrected chi connectivity index (χ0v) is 11.1. The summed E-state index contributed by atoms with van der Waals surface area (Å²) in [4.78, 5) is 2.66. The molecule has 2 fully saturated rings. The first-order chi connectivity index (χ1) is 6.85. The molecule has 1 spiro atoms. The third kappa shape index (κ3) is 2.08. The zero-order valence-electron chi connectivity index (χ0n) is 11.1. The zero-order chi connectivity index (χ0) is 11.3. The van der Waals surface area contributed by atoms with Gasteiger partial charge in [0.15, 0.2) is 0 Å². The van der Waals surface area contributed by atoms with Gasteiger partial charge in [0.2, 0.25) is 0 Å². The number of rotatable bonds is 1. The van der Waals surface area contributed by atoms with Crippen molar-refractivity contribution >= 4 is 0 Å². The molecule has 0 aromatic carbocycles. The lowest BCUT2D eigenvalue weighted by Gasteiger charge is -2.41. The molecule has 1 aliphatic heterocycles. The van der Waals surface area contributed by atoms with Crippen molar-refractivity contribution < 1.29 is 0 Å². The highest BCUT2D eigenvalue weighted by Crippen LogP contribution is 2.62. The van der Waals surface area contributed by atoms with Crippen LogP contribution >= 0.6 is 0 Å². The molecule has 1 aliphatic carbocycles. The van der Waals surface area contributed by atoms with Crippen LogP contribution in [0.2, 0.25) is 0 Å². The SMILES string of the molecule is CC(C)C1CC12CCN(C(C)(C)C)CC2. The molecule has 1 heterocycles. The average Bonchev–Trinajstić information content (AvgIpc) is 2.79. The van der Waals surface area contributed by atoms with Crippen LogP contribution < -0.4 is 0 Å². The summed E-state index contributed by atoms with van der Waals surface area (Å²) in [7, 11) is 0. The second kappa shape index (κ2) is 3.48. The van der Waals surface area contributed by atoms with Gasteiger partial charge in [0.25, 0.3) is 0 Å². The number of hydrogen-bond acceptors (Lipinski definition) is 1. The normalized spacial score (nSPS) is 31.2. The van der Waals surface area contributed by atoms with E-state index in [-0.39, 0.29) is 0 Å². The highest BCUT2D eigenvalue weighted by atomic mass is 15.2. The summed E-state index contributed by atoms with van der Waals surface area (Å²) < 4.78 is 0. The molecular formula is C14H27N. The maximum absolute atomic E-state index is 2.66. The van der Waals surface area contributed by atoms with Gasteiger partial charge in [-0.1, -0.05) is 13.8 Å². The Morgan fingerprint density at radius 2 is 1.67 bits per heavy atom. The van der Waals surface area contributed by atoms with E-state index in [0.29, 0.717) is 5.54 Å². The Bertz CT molecular complexity index is 228. The predicted molar refractivity (Wildman–Crippen MR) is 65.9 cm³/mol. The fourth-order valence-electron chi connectivity index (χ4n) is 3.52. The molecular weight excluding hydrogens is 182 g/mol. The van der Waals surface area contributed by atoms with Gasteiger partial charge in [-0.05, 0) is 70.4 Å². The Kier molecular flexibility index (Phi) is 2.65. The second-order valence-electron chi connectivity index (χ2n) is 7.07. The first-order valence-electron chi connectivity index (χ1n) is 6.60. The Labute approximate surface area is 95.2 Å². The third-order valence-electron chi connectivity index (χ3n) is 4.77. The van der Waals surface area contributed by atoms with Gasteiger partial charge >= 0.3 is 0 Å². The molecule has 1 saturated heterocycles. The molecule has 0 N–H and O–H groups in total. The molecule has 1 unspecified atom stereocenters. The van der Waals surface area contributed by atoms with E-state index in [1.165, 1.54) is 32.4 Å². The van der Waals surface area contributed by atoms with Crippen molar-refractivity contribution in [3.63, 3.8) is 0 Å². The van der Waals surface area contributed by atoms with Gasteiger partial charge in [-0.2, -0.15) is 0 Å². The van der Waals surface area contributed by atoms with Crippen molar-refractivity contribution in [2.75, 3.05) is 13.1 Å². The van der Waals surface area contributed by atoms with Gasteiger partial charge in [0.05, 0.1) is 0 Å². The summed E-state index contributed by atoms with van der Waals surface area (Å²) in [6.07, 6.45) is 4.42. The minimum absolute atomic E-state index is 0.379. The van der Waals surface area contributed by atoms with Crippen LogP contribution in [-0.4, -0.2) is 23.5 Å². The molecule has 0 aromatic heterocycles. The first kappa shape index (κ1) is 11.4. The van der Waals surface area contributed by atoms with E-state index in [2.05, 4.69) is 39.5 Å². The smallest absolute Gasteiger partial charge is 0.0125 e. The predicted octanol–water partition coefficient (Wildman–Crippen LogP) is 3.54. The summed E-state index contributed by atoms with van der Waals surface area (Å²) in [5.74, 6) is 1.95. The highest BCUT2D eigenvalue weighted by molar-refractivity contribution is 5.06. The Morgan fingerprint density at radius 1 is 1.13 bits per heavy atom. The summed E-state index contributed by atoms with van der Waals surface area (Å²) >= 11 is 0. The van der Waals surface area contributed by atoms with Crippen molar-refractivity contribution in [2.45, 2.75) is 59.4 Å². The highest BCUT2D eigenvalue weighted by Gasteiger charge is 2.55. The standard InChI is InChI=1S/C14H27N/c1-11(2)12-10-14(12)6-8-15(9-7-14)13(3,4)5/h11-12H,6-10H2,1-5H3. The summed E-state index contributed by atoms with van der Waals surface area (Å²) in [6, 6.07) is 0. The van der Waals surface area contributed by atoms with Crippen LogP contribution in [0.5, 0.6) is 0 Å². The molecule has 15 heavy (non-hydrogen) atoms. The maximum atomic E-state index is 2.66. The molecule has 0 aromatic rings. The van der Waals surface area contributed by atoms with Crippen LogP contribution in [0.15, 0.2) is 0 Å². The number of nitrogens with zero attached hydrogens (tertiary/aromatic N) is 1. The molecule has 1 heteroatoms. The molecule has 0 amide bonds. The first-order valence-corrected chi connectivity index (χ1v) is 6.60. The van der Waals surface area contributed by atoms with Crippen molar-refractivity contribution in [3.05, 3.63) is 0 Å². The van der Waals surface area contributed by atoms with E-state index in [9.17, 15) is 0 Å². The monoisotopic (exact) mass is 209 g/mol. The van der Waals surface area contributed by atoms with Gasteiger partial charge in [-0.25, -0.2) is 0 Å². The lowest BCUT2D eigenvalue weighted by molar-refractivity contribution is 0.0732. The van der Waals surface area contributed by atoms with E-state index in [4.69, 9.17) is 0 Å². The average molecular weight is 209 g/mol. The van der Waals surface area contributed by atoms with Gasteiger partial charge in [0, 0.05) is 5.54 Å². The van der Waals surface area contributed by atoms with Crippen molar-refractivity contribution in [1.82, 2.24) is 4.90 Å². The van der Waals surface area contributed by atoms with E-state index >= 15 is 0 Å². The van der Waals surface area contributed by atoms with Crippen molar-refractivity contribution in [2.24, 2.45) is 17.3 Å². The fraction of sp³-hybridized carbons (Fsp3) is 1.00. The molecule has 2 aliphatic rings. The Hall–Kier alpha value is -0.0400. The van der Waals surface area contributed by atoms with E-state index in [1.807, 2.05) is 0 Å². The molecule has 0 bridgehead atoms. The minimum atomic E-state index is 0.379. The van der Waals surface area contributed by atoms with E-state index in [0.717, 1.165) is 17.3 Å². The van der Waals surface area contributed by atoms with Gasteiger partial charge in [0.1, 0.15) is 0 Å². The Morgan fingerprint density at radius 3 is 2.00 bits per heavy atom. The molecule has 1 atom stereocenters.